The molecule has 0 saturated carbocycles. The maximum absolute atomic E-state index is 10.7. The van der Waals surface area contributed by atoms with E-state index in [0.29, 0.717) is 17.4 Å². The van der Waals surface area contributed by atoms with Crippen LogP contribution in [0, 0.1) is 0 Å². The highest BCUT2D eigenvalue weighted by atomic mass is 35.5. The summed E-state index contributed by atoms with van der Waals surface area (Å²) in [6.45, 7) is 0.704. The smallest absolute Gasteiger partial charge is 0.337 e. The summed E-state index contributed by atoms with van der Waals surface area (Å²) in [7, 11) is 0. The van der Waals surface area contributed by atoms with Gasteiger partial charge in [0.2, 0.25) is 0 Å². The Bertz CT molecular complexity index is 543. The fraction of sp³-hybridized carbons (Fsp3) is 0.167. The van der Waals surface area contributed by atoms with Crippen LogP contribution in [0.5, 0.6) is 0 Å². The quantitative estimate of drug-likeness (QED) is 0.884. The molecule has 0 atom stereocenters. The second-order valence-electron chi connectivity index (χ2n) is 3.67. The van der Waals surface area contributed by atoms with Crippen LogP contribution in [-0.2, 0) is 6.42 Å². The fourth-order valence-corrected chi connectivity index (χ4v) is 2.38. The van der Waals surface area contributed by atoms with Crippen molar-refractivity contribution in [2.24, 2.45) is 0 Å². The number of rotatable bonds is 5. The van der Waals surface area contributed by atoms with Crippen LogP contribution in [0.15, 0.2) is 29.1 Å². The van der Waals surface area contributed by atoms with Crippen LogP contribution in [0.2, 0.25) is 5.02 Å². The molecule has 0 aliphatic rings. The number of aromatic carboxylic acids is 1. The van der Waals surface area contributed by atoms with Crippen LogP contribution in [0.25, 0.3) is 0 Å². The highest BCUT2D eigenvalue weighted by molar-refractivity contribution is 7.07. The molecule has 0 unspecified atom stereocenters. The number of anilines is 1. The van der Waals surface area contributed by atoms with Crippen LogP contribution in [-0.4, -0.2) is 22.6 Å². The summed E-state index contributed by atoms with van der Waals surface area (Å²) in [5, 5.41) is 16.3. The summed E-state index contributed by atoms with van der Waals surface area (Å²) in [6.07, 6.45) is 2.17. The summed E-state index contributed by atoms with van der Waals surface area (Å²) in [5.74, 6) is -0.522. The van der Waals surface area contributed by atoms with Crippen molar-refractivity contribution < 1.29 is 9.90 Å². The third-order valence-corrected chi connectivity index (χ3v) is 3.39. The number of hydrogen-bond acceptors (Lipinski definition) is 4. The van der Waals surface area contributed by atoms with Gasteiger partial charge in [0.05, 0.1) is 10.6 Å². The van der Waals surface area contributed by atoms with E-state index in [4.69, 9.17) is 16.7 Å². The summed E-state index contributed by atoms with van der Waals surface area (Å²) < 4.78 is 0. The molecule has 2 rings (SSSR count). The zero-order valence-electron chi connectivity index (χ0n) is 9.39. The van der Waals surface area contributed by atoms with E-state index in [1.54, 1.807) is 11.3 Å². The molecule has 6 heteroatoms. The van der Waals surface area contributed by atoms with Gasteiger partial charge in [-0.15, -0.1) is 0 Å². The molecule has 2 aromatic rings. The minimum atomic E-state index is -1.03. The SMILES string of the molecule is O=C(O)c1cnc(NCCc2ccsc2)c(Cl)c1. The number of thiophene rings is 1. The van der Waals surface area contributed by atoms with Crippen molar-refractivity contribution in [2.45, 2.75) is 6.42 Å². The van der Waals surface area contributed by atoms with Gasteiger partial charge >= 0.3 is 5.97 Å². The van der Waals surface area contributed by atoms with Crippen molar-refractivity contribution in [3.8, 4) is 0 Å². The molecule has 2 aromatic heterocycles. The fourth-order valence-electron chi connectivity index (χ4n) is 1.45. The van der Waals surface area contributed by atoms with E-state index in [1.165, 1.54) is 17.8 Å². The lowest BCUT2D eigenvalue weighted by Crippen LogP contribution is -2.07. The van der Waals surface area contributed by atoms with E-state index in [2.05, 4.69) is 21.7 Å². The Hall–Kier alpha value is -1.59. The van der Waals surface area contributed by atoms with Crippen LogP contribution in [0.3, 0.4) is 0 Å². The van der Waals surface area contributed by atoms with Crippen molar-refractivity contribution in [3.63, 3.8) is 0 Å². The monoisotopic (exact) mass is 282 g/mol. The number of nitrogens with zero attached hydrogens (tertiary/aromatic N) is 1. The Kier molecular flexibility index (Phi) is 4.17. The zero-order valence-corrected chi connectivity index (χ0v) is 11.0. The molecule has 0 fully saturated rings. The molecule has 0 aliphatic heterocycles. The molecule has 94 valence electrons. The molecule has 0 spiro atoms. The summed E-state index contributed by atoms with van der Waals surface area (Å²) in [5.41, 5.74) is 1.34. The van der Waals surface area contributed by atoms with Gasteiger partial charge in [-0.2, -0.15) is 11.3 Å². The molecular weight excluding hydrogens is 272 g/mol. The number of pyridine rings is 1. The lowest BCUT2D eigenvalue weighted by molar-refractivity contribution is 0.0696. The second-order valence-corrected chi connectivity index (χ2v) is 4.86. The van der Waals surface area contributed by atoms with Gasteiger partial charge in [0.1, 0.15) is 5.82 Å². The molecule has 2 heterocycles. The van der Waals surface area contributed by atoms with Gasteiger partial charge < -0.3 is 10.4 Å². The normalized spacial score (nSPS) is 10.3. The predicted molar refractivity (Wildman–Crippen MR) is 72.7 cm³/mol. The standard InChI is InChI=1S/C12H11ClN2O2S/c13-10-5-9(12(16)17)6-15-11(10)14-3-1-8-2-4-18-7-8/h2,4-7H,1,3H2,(H,14,15)(H,16,17). The van der Waals surface area contributed by atoms with Crippen LogP contribution >= 0.6 is 22.9 Å². The van der Waals surface area contributed by atoms with E-state index in [1.807, 2.05) is 5.38 Å². The number of carbonyl (C=O) groups is 1. The van der Waals surface area contributed by atoms with Gasteiger partial charge in [0.25, 0.3) is 0 Å². The van der Waals surface area contributed by atoms with E-state index in [-0.39, 0.29) is 5.56 Å². The number of carboxylic acids is 1. The largest absolute Gasteiger partial charge is 0.478 e. The minimum absolute atomic E-state index is 0.0865. The Balaban J connectivity index is 1.95. The van der Waals surface area contributed by atoms with Gasteiger partial charge in [-0.05, 0) is 34.9 Å². The predicted octanol–water partition coefficient (Wildman–Crippen LogP) is 3.15. The average Bonchev–Trinajstić information content (AvgIpc) is 2.84. The number of carboxylic acid groups (broad SMARTS) is 1. The first-order valence-electron chi connectivity index (χ1n) is 5.30. The Morgan fingerprint density at radius 1 is 1.56 bits per heavy atom. The van der Waals surface area contributed by atoms with Gasteiger partial charge in [-0.3, -0.25) is 0 Å². The highest BCUT2D eigenvalue weighted by Gasteiger charge is 2.07. The lowest BCUT2D eigenvalue weighted by atomic mass is 10.2. The summed E-state index contributed by atoms with van der Waals surface area (Å²) >= 11 is 7.61. The van der Waals surface area contributed by atoms with E-state index < -0.39 is 5.97 Å². The molecule has 2 N–H and O–H groups in total. The summed E-state index contributed by atoms with van der Waals surface area (Å²) in [4.78, 5) is 14.7. The van der Waals surface area contributed by atoms with Gasteiger partial charge in [0.15, 0.2) is 0 Å². The lowest BCUT2D eigenvalue weighted by Gasteiger charge is -2.07. The highest BCUT2D eigenvalue weighted by Crippen LogP contribution is 2.20. The maximum atomic E-state index is 10.7. The molecule has 18 heavy (non-hydrogen) atoms. The van der Waals surface area contributed by atoms with Crippen LogP contribution in [0.4, 0.5) is 5.82 Å². The average molecular weight is 283 g/mol. The molecular formula is C12H11ClN2O2S. The van der Waals surface area contributed by atoms with Gasteiger partial charge in [-0.25, -0.2) is 9.78 Å². The molecule has 4 nitrogen and oxygen atoms in total. The molecule has 0 amide bonds. The Labute approximate surface area is 113 Å². The second kappa shape index (κ2) is 5.84. The van der Waals surface area contributed by atoms with Crippen molar-refractivity contribution in [2.75, 3.05) is 11.9 Å². The first kappa shape index (κ1) is 12.9. The number of hydrogen-bond donors (Lipinski definition) is 2. The number of aromatic nitrogens is 1. The van der Waals surface area contributed by atoms with Crippen molar-refractivity contribution in [1.29, 1.82) is 0 Å². The first-order valence-corrected chi connectivity index (χ1v) is 6.62. The van der Waals surface area contributed by atoms with Crippen molar-refractivity contribution in [1.82, 2.24) is 4.98 Å². The Morgan fingerprint density at radius 3 is 3.00 bits per heavy atom. The van der Waals surface area contributed by atoms with E-state index in [9.17, 15) is 4.79 Å². The third-order valence-electron chi connectivity index (χ3n) is 2.37. The summed E-state index contributed by atoms with van der Waals surface area (Å²) in [6, 6.07) is 3.46. The van der Waals surface area contributed by atoms with Crippen LogP contribution < -0.4 is 5.32 Å². The molecule has 0 bridgehead atoms. The minimum Gasteiger partial charge on any atom is -0.478 e. The molecule has 0 saturated heterocycles. The molecule has 0 aromatic carbocycles. The van der Waals surface area contributed by atoms with E-state index >= 15 is 0 Å². The van der Waals surface area contributed by atoms with Crippen molar-refractivity contribution in [3.05, 3.63) is 45.2 Å². The zero-order chi connectivity index (χ0) is 13.0. The van der Waals surface area contributed by atoms with Crippen LogP contribution in [0.1, 0.15) is 15.9 Å². The topological polar surface area (TPSA) is 62.2 Å². The number of halogens is 1. The van der Waals surface area contributed by atoms with Gasteiger partial charge in [-0.1, -0.05) is 11.6 Å². The Morgan fingerprint density at radius 2 is 2.39 bits per heavy atom. The molecule has 0 radical (unpaired) electrons. The number of nitrogens with one attached hydrogen (secondary N) is 1. The van der Waals surface area contributed by atoms with E-state index in [0.717, 1.165) is 6.42 Å². The van der Waals surface area contributed by atoms with Gasteiger partial charge in [0, 0.05) is 12.7 Å². The molecule has 0 aliphatic carbocycles. The third kappa shape index (κ3) is 3.21. The maximum Gasteiger partial charge on any atom is 0.337 e. The van der Waals surface area contributed by atoms with Crippen molar-refractivity contribution >= 4 is 34.7 Å². The first-order chi connectivity index (χ1) is 8.66.